The molecule has 0 aliphatic carbocycles. The highest BCUT2D eigenvalue weighted by Gasteiger charge is 2.32. The molecule has 0 saturated carbocycles. The Kier molecular flexibility index (Phi) is 11.5. The molecule has 2 aromatic rings. The van der Waals surface area contributed by atoms with E-state index in [0.29, 0.717) is 35.1 Å². The van der Waals surface area contributed by atoms with Crippen LogP contribution in [0.5, 0.6) is 17.2 Å². The van der Waals surface area contributed by atoms with Crippen LogP contribution < -0.4 is 30.3 Å². The zero-order valence-corrected chi connectivity index (χ0v) is 26.5. The van der Waals surface area contributed by atoms with Gasteiger partial charge >= 0.3 is 12.0 Å². The number of nitrogens with one attached hydrogen (secondary N) is 3. The van der Waals surface area contributed by atoms with Crippen LogP contribution >= 0.6 is 38.5 Å². The Balaban J connectivity index is 1.72. The first kappa shape index (κ1) is 31.5. The number of aliphatic hydroxyl groups is 1. The molecule has 11 nitrogen and oxygen atoms in total. The summed E-state index contributed by atoms with van der Waals surface area (Å²) in [6, 6.07) is 7.65. The maximum Gasteiger partial charge on any atom is 0.337 e. The molecule has 1 aliphatic rings. The van der Waals surface area contributed by atoms with Gasteiger partial charge in [-0.1, -0.05) is 22.0 Å². The number of carbonyl (C=O) groups excluding carboxylic acids is 2. The summed E-state index contributed by atoms with van der Waals surface area (Å²) in [5, 5.41) is 19.9. The first-order chi connectivity index (χ1) is 19.0. The van der Waals surface area contributed by atoms with E-state index in [9.17, 15) is 14.7 Å². The Morgan fingerprint density at radius 1 is 1.25 bits per heavy atom. The molecule has 1 aliphatic heterocycles. The lowest BCUT2D eigenvalue weighted by molar-refractivity contribution is -0.136. The van der Waals surface area contributed by atoms with E-state index in [1.807, 2.05) is 32.9 Å². The van der Waals surface area contributed by atoms with Crippen molar-refractivity contribution in [3.05, 3.63) is 60.8 Å². The van der Waals surface area contributed by atoms with Gasteiger partial charge < -0.3 is 34.7 Å². The van der Waals surface area contributed by atoms with Crippen LogP contribution in [0.3, 0.4) is 0 Å². The van der Waals surface area contributed by atoms with Gasteiger partial charge in [0.05, 0.1) is 41.2 Å². The van der Waals surface area contributed by atoms with Crippen molar-refractivity contribution in [2.45, 2.75) is 46.1 Å². The van der Waals surface area contributed by atoms with Gasteiger partial charge in [0, 0.05) is 15.7 Å². The van der Waals surface area contributed by atoms with Crippen molar-refractivity contribution in [2.75, 3.05) is 20.3 Å². The number of ether oxygens (including phenoxy) is 4. The Morgan fingerprint density at radius 2 is 2.00 bits per heavy atom. The van der Waals surface area contributed by atoms with Crippen LogP contribution in [0.1, 0.15) is 44.9 Å². The largest absolute Gasteiger partial charge is 0.490 e. The standard InChI is InChI=1S/C27H32BrIN4O7/c1-6-38-21-10-16(24-23(26(35)37-5)15(4)31-27(36)32-24)7-8-20(21)39-13-22(34)33-30-12-17-9-18(28)11-19(29)25(17)40-14(2)3/h7-12,14,22,24,33-34H,6,13H2,1-5H3,(H2,31,32,36)/b30-12+/t22-,24+/m1/s1. The number of amides is 2. The molecule has 0 radical (unpaired) electrons. The molecule has 0 saturated heterocycles. The number of nitrogens with zero attached hydrogens (tertiary/aromatic N) is 1. The number of halogens is 2. The Bertz CT molecular complexity index is 1300. The summed E-state index contributed by atoms with van der Waals surface area (Å²) < 4.78 is 24.2. The van der Waals surface area contributed by atoms with Crippen LogP contribution in [0.15, 0.2) is 51.2 Å². The van der Waals surface area contributed by atoms with Crippen molar-refractivity contribution >= 4 is 56.7 Å². The second-order valence-corrected chi connectivity index (χ2v) is 11.0. The van der Waals surface area contributed by atoms with Gasteiger partial charge in [-0.05, 0) is 80.1 Å². The summed E-state index contributed by atoms with van der Waals surface area (Å²) in [7, 11) is 1.28. The molecular weight excluding hydrogens is 699 g/mol. The van der Waals surface area contributed by atoms with E-state index in [1.165, 1.54) is 7.11 Å². The van der Waals surface area contributed by atoms with Gasteiger partial charge in [-0.2, -0.15) is 5.10 Å². The Hall–Kier alpha value is -3.04. The van der Waals surface area contributed by atoms with Crippen LogP contribution in [0.2, 0.25) is 0 Å². The number of hydrazone groups is 1. The van der Waals surface area contributed by atoms with Gasteiger partial charge in [0.1, 0.15) is 12.4 Å². The predicted molar refractivity (Wildman–Crippen MR) is 162 cm³/mol. The highest BCUT2D eigenvalue weighted by atomic mass is 127. The maximum absolute atomic E-state index is 12.4. The molecule has 2 atom stereocenters. The zero-order chi connectivity index (χ0) is 29.4. The number of methoxy groups -OCH3 is 1. The molecule has 4 N–H and O–H groups in total. The van der Waals surface area contributed by atoms with Crippen LogP contribution in [-0.2, 0) is 9.53 Å². The molecule has 0 unspecified atom stereocenters. The van der Waals surface area contributed by atoms with E-state index in [-0.39, 0.29) is 18.3 Å². The molecule has 0 bridgehead atoms. The SMILES string of the molecule is CCOc1cc([C@@H]2NC(=O)NC(C)=C2C(=O)OC)ccc1OC[C@@H](O)N/N=C/c1cc(Br)cc(I)c1OC(C)C. The lowest BCUT2D eigenvalue weighted by Crippen LogP contribution is -2.45. The molecule has 216 valence electrons. The van der Waals surface area contributed by atoms with E-state index >= 15 is 0 Å². The first-order valence-electron chi connectivity index (χ1n) is 12.4. The number of carbonyl (C=O) groups is 2. The lowest BCUT2D eigenvalue weighted by atomic mass is 9.95. The fraction of sp³-hybridized carbons (Fsp3) is 0.370. The Labute approximate surface area is 254 Å². The third-order valence-corrected chi connectivity index (χ3v) is 6.75. The van der Waals surface area contributed by atoms with Crippen LogP contribution in [0.4, 0.5) is 4.79 Å². The number of rotatable bonds is 12. The fourth-order valence-corrected chi connectivity index (χ4v) is 5.53. The van der Waals surface area contributed by atoms with Crippen molar-refractivity contribution in [1.29, 1.82) is 0 Å². The van der Waals surface area contributed by atoms with Crippen LogP contribution in [0, 0.1) is 3.57 Å². The number of allylic oxidation sites excluding steroid dienone is 1. The lowest BCUT2D eigenvalue weighted by Gasteiger charge is -2.28. The van der Waals surface area contributed by atoms with Gasteiger partial charge in [0.15, 0.2) is 17.7 Å². The topological polar surface area (TPSA) is 140 Å². The number of esters is 1. The van der Waals surface area contributed by atoms with Crippen molar-refractivity contribution < 1.29 is 33.6 Å². The molecule has 0 aromatic heterocycles. The van der Waals surface area contributed by atoms with Gasteiger partial charge in [0.2, 0.25) is 0 Å². The second-order valence-electron chi connectivity index (χ2n) is 8.89. The number of urea groups is 1. The normalized spacial score (nSPS) is 15.9. The summed E-state index contributed by atoms with van der Waals surface area (Å²) in [6.07, 6.45) is 0.417. The number of hydrogen-bond donors (Lipinski definition) is 4. The quantitative estimate of drug-likeness (QED) is 0.0831. The van der Waals surface area contributed by atoms with Crippen molar-refractivity contribution in [3.8, 4) is 17.2 Å². The van der Waals surface area contributed by atoms with Gasteiger partial charge in [0.25, 0.3) is 0 Å². The van der Waals surface area contributed by atoms with E-state index < -0.39 is 24.3 Å². The molecule has 40 heavy (non-hydrogen) atoms. The average molecular weight is 731 g/mol. The maximum atomic E-state index is 12.4. The minimum absolute atomic E-state index is 0.0159. The molecule has 1 heterocycles. The third kappa shape index (κ3) is 8.24. The molecular formula is C27H32BrIN4O7. The molecule has 13 heteroatoms. The zero-order valence-electron chi connectivity index (χ0n) is 22.7. The van der Waals surface area contributed by atoms with Crippen LogP contribution in [-0.4, -0.2) is 56.0 Å². The van der Waals surface area contributed by atoms with E-state index in [0.717, 1.165) is 13.6 Å². The number of aliphatic hydroxyl groups excluding tert-OH is 1. The predicted octanol–water partition coefficient (Wildman–Crippen LogP) is 4.36. The highest BCUT2D eigenvalue weighted by molar-refractivity contribution is 14.1. The van der Waals surface area contributed by atoms with Crippen LogP contribution in [0.25, 0.3) is 0 Å². The highest BCUT2D eigenvalue weighted by Crippen LogP contribution is 2.35. The average Bonchev–Trinajstić information content (AvgIpc) is 2.89. The first-order valence-corrected chi connectivity index (χ1v) is 14.3. The van der Waals surface area contributed by atoms with Gasteiger partial charge in [-0.15, -0.1) is 0 Å². The van der Waals surface area contributed by atoms with Crippen molar-refractivity contribution in [3.63, 3.8) is 0 Å². The molecule has 0 spiro atoms. The fourth-order valence-electron chi connectivity index (χ4n) is 3.85. The minimum Gasteiger partial charge on any atom is -0.490 e. The Morgan fingerprint density at radius 3 is 2.67 bits per heavy atom. The summed E-state index contributed by atoms with van der Waals surface area (Å²) in [4.78, 5) is 24.5. The molecule has 2 aromatic carbocycles. The summed E-state index contributed by atoms with van der Waals surface area (Å²) in [5.41, 5.74) is 4.65. The van der Waals surface area contributed by atoms with Gasteiger partial charge in [-0.3, -0.25) is 5.43 Å². The van der Waals surface area contributed by atoms with E-state index in [4.69, 9.17) is 18.9 Å². The van der Waals surface area contributed by atoms with Crippen molar-refractivity contribution in [1.82, 2.24) is 16.1 Å². The van der Waals surface area contributed by atoms with E-state index in [1.54, 1.807) is 31.3 Å². The second kappa shape index (κ2) is 14.6. The third-order valence-electron chi connectivity index (χ3n) is 5.49. The molecule has 2 amide bonds. The monoisotopic (exact) mass is 730 g/mol. The summed E-state index contributed by atoms with van der Waals surface area (Å²) in [5.74, 6) is 0.875. The number of hydrogen-bond acceptors (Lipinski definition) is 9. The molecule has 0 fully saturated rings. The summed E-state index contributed by atoms with van der Waals surface area (Å²) in [6.45, 7) is 7.54. The number of benzene rings is 2. The smallest absolute Gasteiger partial charge is 0.337 e. The minimum atomic E-state index is -1.13. The van der Waals surface area contributed by atoms with Crippen molar-refractivity contribution in [2.24, 2.45) is 5.10 Å². The summed E-state index contributed by atoms with van der Waals surface area (Å²) >= 11 is 5.68. The van der Waals surface area contributed by atoms with Gasteiger partial charge in [-0.25, -0.2) is 9.59 Å². The molecule has 3 rings (SSSR count). The van der Waals surface area contributed by atoms with E-state index in [2.05, 4.69) is 59.7 Å².